The summed E-state index contributed by atoms with van der Waals surface area (Å²) in [6.45, 7) is 11.4. The van der Waals surface area contributed by atoms with Crippen molar-refractivity contribution >= 4 is 5.96 Å². The average Bonchev–Trinajstić information content (AvgIpc) is 3.43. The summed E-state index contributed by atoms with van der Waals surface area (Å²) in [4.78, 5) is 7.13. The van der Waals surface area contributed by atoms with E-state index in [0.29, 0.717) is 24.7 Å². The second-order valence-corrected chi connectivity index (χ2v) is 8.06. The summed E-state index contributed by atoms with van der Waals surface area (Å²) >= 11 is 0. The molecule has 1 aromatic heterocycles. The van der Waals surface area contributed by atoms with E-state index in [1.165, 1.54) is 6.42 Å². The standard InChI is InChI=1S/C22H38N4O3/c1-4-17(5-2)21-14-20(29-25-21)15-24-22(23-6-3)26-11-9-18(10-12-26)28-16-19-8-7-13-27-19/h14,17-19H,4-13,15-16H2,1-3H3,(H,23,24). The van der Waals surface area contributed by atoms with E-state index >= 15 is 0 Å². The number of aromatic nitrogens is 1. The number of rotatable bonds is 9. The fraction of sp³-hybridized carbons (Fsp3) is 0.818. The van der Waals surface area contributed by atoms with Crippen LogP contribution in [0.25, 0.3) is 0 Å². The van der Waals surface area contributed by atoms with Crippen LogP contribution in [0.5, 0.6) is 0 Å². The zero-order valence-corrected chi connectivity index (χ0v) is 18.4. The normalized spacial score (nSPS) is 21.3. The molecule has 2 aliphatic heterocycles. The lowest BCUT2D eigenvalue weighted by atomic mass is 9.99. The molecule has 0 aliphatic carbocycles. The molecule has 2 fully saturated rings. The highest BCUT2D eigenvalue weighted by Gasteiger charge is 2.24. The predicted molar refractivity (Wildman–Crippen MR) is 114 cm³/mol. The second kappa shape index (κ2) is 11.6. The van der Waals surface area contributed by atoms with E-state index in [1.807, 2.05) is 0 Å². The Balaban J connectivity index is 1.49. The van der Waals surface area contributed by atoms with Gasteiger partial charge in [-0.3, -0.25) is 0 Å². The third-order valence-electron chi connectivity index (χ3n) is 5.98. The first-order valence-electron chi connectivity index (χ1n) is 11.4. The number of nitrogens with zero attached hydrogens (tertiary/aromatic N) is 3. The van der Waals surface area contributed by atoms with Crippen LogP contribution >= 0.6 is 0 Å². The smallest absolute Gasteiger partial charge is 0.194 e. The highest BCUT2D eigenvalue weighted by molar-refractivity contribution is 5.80. The van der Waals surface area contributed by atoms with Crippen molar-refractivity contribution in [3.63, 3.8) is 0 Å². The molecule has 1 atom stereocenters. The predicted octanol–water partition coefficient (Wildman–Crippen LogP) is 3.70. The Labute approximate surface area is 175 Å². The van der Waals surface area contributed by atoms with Crippen molar-refractivity contribution in [3.8, 4) is 0 Å². The summed E-state index contributed by atoms with van der Waals surface area (Å²) in [6, 6.07) is 2.07. The first kappa shape index (κ1) is 22.1. The van der Waals surface area contributed by atoms with Crippen molar-refractivity contribution in [3.05, 3.63) is 17.5 Å². The van der Waals surface area contributed by atoms with Gasteiger partial charge in [-0.1, -0.05) is 19.0 Å². The molecule has 3 heterocycles. The van der Waals surface area contributed by atoms with Crippen molar-refractivity contribution in [2.75, 3.05) is 32.8 Å². The minimum atomic E-state index is 0.304. The molecular formula is C22H38N4O3. The summed E-state index contributed by atoms with van der Waals surface area (Å²) in [7, 11) is 0. The molecule has 29 heavy (non-hydrogen) atoms. The lowest BCUT2D eigenvalue weighted by Crippen LogP contribution is -2.47. The quantitative estimate of drug-likeness (QED) is 0.498. The summed E-state index contributed by atoms with van der Waals surface area (Å²) in [5, 5.41) is 7.67. The fourth-order valence-corrected chi connectivity index (χ4v) is 4.13. The first-order chi connectivity index (χ1) is 14.2. The molecule has 0 aromatic carbocycles. The molecule has 7 heteroatoms. The number of hydrogen-bond acceptors (Lipinski definition) is 5. The van der Waals surface area contributed by atoms with Gasteiger partial charge in [-0.15, -0.1) is 0 Å². The maximum Gasteiger partial charge on any atom is 0.194 e. The number of likely N-dealkylation sites (tertiary alicyclic amines) is 1. The van der Waals surface area contributed by atoms with Gasteiger partial charge in [-0.2, -0.15) is 0 Å². The Bertz CT molecular complexity index is 615. The molecule has 0 amide bonds. The van der Waals surface area contributed by atoms with Crippen LogP contribution in [0.15, 0.2) is 15.6 Å². The molecule has 0 bridgehead atoms. The van der Waals surface area contributed by atoms with Crippen LogP contribution in [0.2, 0.25) is 0 Å². The number of piperidine rings is 1. The van der Waals surface area contributed by atoms with E-state index in [1.54, 1.807) is 0 Å². The average molecular weight is 407 g/mol. The summed E-state index contributed by atoms with van der Waals surface area (Å²) in [5.41, 5.74) is 1.05. The summed E-state index contributed by atoms with van der Waals surface area (Å²) < 4.78 is 17.3. The van der Waals surface area contributed by atoms with Crippen LogP contribution < -0.4 is 5.32 Å². The van der Waals surface area contributed by atoms with Crippen molar-refractivity contribution in [1.29, 1.82) is 0 Å². The topological polar surface area (TPSA) is 72.1 Å². The Hall–Kier alpha value is -1.60. The Kier molecular flexibility index (Phi) is 8.80. The number of nitrogens with one attached hydrogen (secondary N) is 1. The van der Waals surface area contributed by atoms with E-state index in [-0.39, 0.29) is 0 Å². The van der Waals surface area contributed by atoms with Gasteiger partial charge in [0.05, 0.1) is 24.5 Å². The van der Waals surface area contributed by atoms with Gasteiger partial charge < -0.3 is 24.2 Å². The van der Waals surface area contributed by atoms with Gasteiger partial charge in [-0.25, -0.2) is 4.99 Å². The molecule has 2 aliphatic rings. The number of ether oxygens (including phenoxy) is 2. The zero-order valence-electron chi connectivity index (χ0n) is 18.4. The maximum atomic E-state index is 6.10. The molecule has 0 saturated carbocycles. The van der Waals surface area contributed by atoms with Crippen LogP contribution in [-0.4, -0.2) is 61.1 Å². The van der Waals surface area contributed by atoms with Gasteiger partial charge in [-0.05, 0) is 45.4 Å². The van der Waals surface area contributed by atoms with Crippen molar-refractivity contribution < 1.29 is 14.0 Å². The van der Waals surface area contributed by atoms with Crippen LogP contribution in [0.4, 0.5) is 0 Å². The SMILES string of the molecule is CCNC(=NCc1cc(C(CC)CC)no1)N1CCC(OCC2CCCO2)CC1. The van der Waals surface area contributed by atoms with Crippen LogP contribution in [0, 0.1) is 0 Å². The van der Waals surface area contributed by atoms with E-state index in [2.05, 4.69) is 42.2 Å². The Morgan fingerprint density at radius 2 is 2.07 bits per heavy atom. The van der Waals surface area contributed by atoms with Gasteiger partial charge in [0.1, 0.15) is 6.54 Å². The third kappa shape index (κ3) is 6.44. The summed E-state index contributed by atoms with van der Waals surface area (Å²) in [5.74, 6) is 2.25. The van der Waals surface area contributed by atoms with Crippen LogP contribution in [0.1, 0.15) is 76.7 Å². The minimum absolute atomic E-state index is 0.304. The largest absolute Gasteiger partial charge is 0.376 e. The van der Waals surface area contributed by atoms with E-state index < -0.39 is 0 Å². The highest BCUT2D eigenvalue weighted by Crippen LogP contribution is 2.23. The molecule has 3 rings (SSSR count). The molecule has 1 aromatic rings. The van der Waals surface area contributed by atoms with Gasteiger partial charge >= 0.3 is 0 Å². The number of aliphatic imine (C=N–C) groups is 1. The van der Waals surface area contributed by atoms with Crippen LogP contribution in [0.3, 0.4) is 0 Å². The van der Waals surface area contributed by atoms with E-state index in [0.717, 1.165) is 82.4 Å². The maximum absolute atomic E-state index is 6.10. The molecular weight excluding hydrogens is 368 g/mol. The second-order valence-electron chi connectivity index (χ2n) is 8.06. The molecule has 7 nitrogen and oxygen atoms in total. The molecule has 1 N–H and O–H groups in total. The van der Waals surface area contributed by atoms with Crippen molar-refractivity contribution in [2.24, 2.45) is 4.99 Å². The number of guanidine groups is 1. The van der Waals surface area contributed by atoms with Crippen LogP contribution in [-0.2, 0) is 16.0 Å². The number of hydrogen-bond donors (Lipinski definition) is 1. The molecule has 1 unspecified atom stereocenters. The molecule has 0 radical (unpaired) electrons. The first-order valence-corrected chi connectivity index (χ1v) is 11.4. The van der Waals surface area contributed by atoms with Gasteiger partial charge in [0, 0.05) is 38.2 Å². The molecule has 2 saturated heterocycles. The fourth-order valence-electron chi connectivity index (χ4n) is 4.13. The lowest BCUT2D eigenvalue weighted by Gasteiger charge is -2.34. The van der Waals surface area contributed by atoms with Gasteiger partial charge in [0.2, 0.25) is 0 Å². The van der Waals surface area contributed by atoms with Gasteiger partial charge in [0.25, 0.3) is 0 Å². The minimum Gasteiger partial charge on any atom is -0.376 e. The van der Waals surface area contributed by atoms with Gasteiger partial charge in [0.15, 0.2) is 11.7 Å². The Morgan fingerprint density at radius 1 is 1.28 bits per heavy atom. The summed E-state index contributed by atoms with van der Waals surface area (Å²) in [6.07, 6.45) is 7.15. The third-order valence-corrected chi connectivity index (χ3v) is 5.98. The van der Waals surface area contributed by atoms with Crippen molar-refractivity contribution in [2.45, 2.75) is 84.0 Å². The van der Waals surface area contributed by atoms with E-state index in [4.69, 9.17) is 19.0 Å². The molecule has 0 spiro atoms. The zero-order chi connectivity index (χ0) is 20.5. The monoisotopic (exact) mass is 406 g/mol. The van der Waals surface area contributed by atoms with Crippen molar-refractivity contribution in [1.82, 2.24) is 15.4 Å². The van der Waals surface area contributed by atoms with E-state index in [9.17, 15) is 0 Å². The highest BCUT2D eigenvalue weighted by atomic mass is 16.5. The lowest BCUT2D eigenvalue weighted by molar-refractivity contribution is -0.0367. The molecule has 164 valence electrons. The Morgan fingerprint density at radius 3 is 2.72 bits per heavy atom.